The number of aromatic nitrogens is 2. The number of halogens is 4. The van der Waals surface area contributed by atoms with Crippen molar-refractivity contribution in [3.05, 3.63) is 64.1 Å². The molecule has 0 unspecified atom stereocenters. The quantitative estimate of drug-likeness (QED) is 0.322. The number of ether oxygens (including phenoxy) is 1. The number of sulfone groups is 1. The van der Waals surface area contributed by atoms with E-state index in [1.165, 1.54) is 30.3 Å². The van der Waals surface area contributed by atoms with Gasteiger partial charge in [0.05, 0.1) is 34.0 Å². The van der Waals surface area contributed by atoms with Gasteiger partial charge in [0, 0.05) is 11.8 Å². The Morgan fingerprint density at radius 2 is 1.83 bits per heavy atom. The number of nitrogens with zero attached hydrogens (tertiary/aromatic N) is 2. The van der Waals surface area contributed by atoms with Crippen LogP contribution in [0.1, 0.15) is 10.6 Å². The molecule has 0 atom stereocenters. The van der Waals surface area contributed by atoms with Crippen LogP contribution in [-0.2, 0) is 25.5 Å². The maximum absolute atomic E-state index is 13.5. The van der Waals surface area contributed by atoms with Crippen LogP contribution in [-0.4, -0.2) is 43.7 Å². The number of methoxy groups -OCH3 is 1. The highest BCUT2D eigenvalue weighted by Gasteiger charge is 2.34. The fourth-order valence-electron chi connectivity index (χ4n) is 2.79. The molecule has 0 amide bonds. The molecule has 184 valence electrons. The van der Waals surface area contributed by atoms with Gasteiger partial charge in [-0.3, -0.25) is 5.41 Å². The molecule has 35 heavy (non-hydrogen) atoms. The minimum atomic E-state index is -4.71. The third-order valence-electron chi connectivity index (χ3n) is 4.47. The van der Waals surface area contributed by atoms with E-state index in [1.54, 1.807) is 6.07 Å². The summed E-state index contributed by atoms with van der Waals surface area (Å²) in [6.45, 7) is 0. The van der Waals surface area contributed by atoms with E-state index in [4.69, 9.17) is 17.0 Å². The van der Waals surface area contributed by atoms with Crippen LogP contribution in [0, 0.1) is 5.41 Å². The summed E-state index contributed by atoms with van der Waals surface area (Å²) in [7, 11) is -2.49. The summed E-state index contributed by atoms with van der Waals surface area (Å²) < 4.78 is 68.8. The van der Waals surface area contributed by atoms with E-state index >= 15 is 0 Å². The molecule has 2 aromatic carbocycles. The lowest BCUT2D eigenvalue weighted by Gasteiger charge is -2.16. The summed E-state index contributed by atoms with van der Waals surface area (Å²) in [5.41, 5.74) is -2.15. The average Bonchev–Trinajstić information content (AvgIpc) is 3.30. The van der Waals surface area contributed by atoms with Crippen molar-refractivity contribution in [3.8, 4) is 10.6 Å². The first-order valence-electron chi connectivity index (χ1n) is 9.47. The Kier molecular flexibility index (Phi) is 7.62. The number of rotatable bonds is 7. The molecule has 0 saturated heterocycles. The van der Waals surface area contributed by atoms with E-state index < -0.39 is 44.0 Å². The van der Waals surface area contributed by atoms with Crippen molar-refractivity contribution in [2.24, 2.45) is 0 Å². The van der Waals surface area contributed by atoms with E-state index in [0.29, 0.717) is 5.56 Å². The zero-order chi connectivity index (χ0) is 26.0. The molecule has 0 aliphatic heterocycles. The first-order valence-corrected chi connectivity index (χ1v) is 12.6. The molecular weight excluding hydrogens is 529 g/mol. The van der Waals surface area contributed by atoms with Crippen LogP contribution in [0.25, 0.3) is 16.3 Å². The molecule has 0 aliphatic rings. The predicted molar refractivity (Wildman–Crippen MR) is 126 cm³/mol. The molecule has 3 rings (SSSR count). The largest absolute Gasteiger partial charge is 0.464 e. The van der Waals surface area contributed by atoms with Crippen molar-refractivity contribution in [2.75, 3.05) is 18.7 Å². The number of carbonyl (C=O) groups is 1. The number of esters is 1. The van der Waals surface area contributed by atoms with Gasteiger partial charge in [0.15, 0.2) is 20.6 Å². The number of anilines is 1. The van der Waals surface area contributed by atoms with Gasteiger partial charge in [-0.05, 0) is 24.3 Å². The van der Waals surface area contributed by atoms with Gasteiger partial charge in [0.2, 0.25) is 0 Å². The van der Waals surface area contributed by atoms with Crippen LogP contribution >= 0.6 is 22.9 Å². The molecule has 1 heterocycles. The zero-order valence-corrected chi connectivity index (χ0v) is 20.4. The Bertz CT molecular complexity index is 1440. The van der Waals surface area contributed by atoms with Crippen LogP contribution in [0.3, 0.4) is 0 Å². The Balaban J connectivity index is 2.14. The normalized spacial score (nSPS) is 12.6. The van der Waals surface area contributed by atoms with Gasteiger partial charge in [0.1, 0.15) is 5.01 Å². The molecule has 3 aromatic rings. The van der Waals surface area contributed by atoms with Crippen molar-refractivity contribution < 1.29 is 31.1 Å². The highest BCUT2D eigenvalue weighted by Crippen LogP contribution is 2.38. The second kappa shape index (κ2) is 10.1. The minimum absolute atomic E-state index is 0.0326. The lowest BCUT2D eigenvalue weighted by molar-refractivity contribution is -0.137. The van der Waals surface area contributed by atoms with Crippen LogP contribution in [0.4, 0.5) is 18.9 Å². The number of hydrogen-bond donors (Lipinski definition) is 2. The average molecular weight is 545 g/mol. The summed E-state index contributed by atoms with van der Waals surface area (Å²) in [6, 6.07) is 10.4. The highest BCUT2D eigenvalue weighted by molar-refractivity contribution is 7.90. The van der Waals surface area contributed by atoms with Crippen molar-refractivity contribution >= 4 is 55.8 Å². The maximum Gasteiger partial charge on any atom is 0.418 e. The molecule has 0 fully saturated rings. The number of benzene rings is 2. The summed E-state index contributed by atoms with van der Waals surface area (Å²) in [5, 5.41) is 18.0. The molecule has 0 radical (unpaired) electrons. The highest BCUT2D eigenvalue weighted by atomic mass is 35.5. The van der Waals surface area contributed by atoms with E-state index in [2.05, 4.69) is 20.3 Å². The molecule has 8 nitrogen and oxygen atoms in total. The number of carbonyl (C=O) groups excluding carboxylic acids is 1. The standard InChI is InChI=1S/C21H16ClF3N4O4S2/c1-33-20(30)16(26)15(22)17(27-14-9-4-3-8-13(14)21(23,24)25)19-29-28-18(34-19)11-6-5-7-12(10-11)35(2,31)32/h3-10,26-27H,1-2H3/b17-15+,26-16?. The SMILES string of the molecule is COC(=O)C(=N)/C(Cl)=C(\Nc1ccccc1C(F)(F)F)c1nnc(-c2cccc(S(C)(=O)=O)c2)s1. The molecule has 14 heteroatoms. The van der Waals surface area contributed by atoms with Crippen molar-refractivity contribution in [1.82, 2.24) is 10.2 Å². The van der Waals surface area contributed by atoms with Crippen molar-refractivity contribution in [3.63, 3.8) is 0 Å². The van der Waals surface area contributed by atoms with Gasteiger partial charge in [0.25, 0.3) is 0 Å². The second-order valence-corrected chi connectivity index (χ2v) is 10.3. The van der Waals surface area contributed by atoms with E-state index in [0.717, 1.165) is 36.8 Å². The first-order chi connectivity index (χ1) is 16.3. The van der Waals surface area contributed by atoms with E-state index in [-0.39, 0.29) is 20.6 Å². The number of hydrogen-bond acceptors (Lipinski definition) is 9. The van der Waals surface area contributed by atoms with E-state index in [1.807, 2.05) is 0 Å². The van der Waals surface area contributed by atoms with Gasteiger partial charge in [-0.2, -0.15) is 13.2 Å². The Labute approximate surface area is 206 Å². The summed E-state index contributed by atoms with van der Waals surface area (Å²) in [5.74, 6) is -1.12. The Morgan fingerprint density at radius 1 is 1.14 bits per heavy atom. The number of para-hydroxylation sites is 1. The molecule has 0 bridgehead atoms. The van der Waals surface area contributed by atoms with Crippen LogP contribution in [0.15, 0.2) is 58.5 Å². The summed E-state index contributed by atoms with van der Waals surface area (Å²) in [4.78, 5) is 11.9. The Morgan fingerprint density at radius 3 is 2.46 bits per heavy atom. The van der Waals surface area contributed by atoms with E-state index in [9.17, 15) is 26.4 Å². The van der Waals surface area contributed by atoms with Crippen LogP contribution in [0.5, 0.6) is 0 Å². The van der Waals surface area contributed by atoms with Gasteiger partial charge in [-0.1, -0.05) is 47.2 Å². The Hall–Kier alpha value is -3.29. The third kappa shape index (κ3) is 6.05. The summed E-state index contributed by atoms with van der Waals surface area (Å²) >= 11 is 7.09. The van der Waals surface area contributed by atoms with Crippen LogP contribution < -0.4 is 5.32 Å². The zero-order valence-electron chi connectivity index (χ0n) is 18.0. The second-order valence-electron chi connectivity index (χ2n) is 6.94. The predicted octanol–water partition coefficient (Wildman–Crippen LogP) is 4.84. The monoisotopic (exact) mass is 544 g/mol. The lowest BCUT2D eigenvalue weighted by atomic mass is 10.1. The van der Waals surface area contributed by atoms with Gasteiger partial charge in [-0.15, -0.1) is 10.2 Å². The van der Waals surface area contributed by atoms with Crippen molar-refractivity contribution in [2.45, 2.75) is 11.1 Å². The first kappa shape index (κ1) is 26.3. The van der Waals surface area contributed by atoms with Crippen LogP contribution in [0.2, 0.25) is 0 Å². The third-order valence-corrected chi connectivity index (χ3v) is 6.95. The molecule has 1 aromatic heterocycles. The molecule has 0 spiro atoms. The number of nitrogens with one attached hydrogen (secondary N) is 2. The van der Waals surface area contributed by atoms with Gasteiger partial charge < -0.3 is 10.1 Å². The summed E-state index contributed by atoms with van der Waals surface area (Å²) in [6.07, 6.45) is -3.67. The van der Waals surface area contributed by atoms with Gasteiger partial charge in [-0.25, -0.2) is 13.2 Å². The van der Waals surface area contributed by atoms with Gasteiger partial charge >= 0.3 is 12.1 Å². The van der Waals surface area contributed by atoms with Crippen molar-refractivity contribution in [1.29, 1.82) is 5.41 Å². The number of alkyl halides is 3. The molecule has 2 N–H and O–H groups in total. The fraction of sp³-hybridized carbons (Fsp3) is 0.143. The lowest BCUT2D eigenvalue weighted by Crippen LogP contribution is -2.18. The molecule has 0 saturated carbocycles. The molecule has 0 aliphatic carbocycles. The molecular formula is C21H16ClF3N4O4S2. The topological polar surface area (TPSA) is 122 Å². The smallest absolute Gasteiger partial charge is 0.418 e. The minimum Gasteiger partial charge on any atom is -0.464 e. The maximum atomic E-state index is 13.5. The fourth-order valence-corrected chi connectivity index (χ4v) is 4.58.